The van der Waals surface area contributed by atoms with E-state index in [-0.39, 0.29) is 0 Å². The number of hydrogen-bond acceptors (Lipinski definition) is 4. The lowest BCUT2D eigenvalue weighted by Crippen LogP contribution is -2.08. The van der Waals surface area contributed by atoms with Crippen molar-refractivity contribution in [3.8, 4) is 0 Å². The highest BCUT2D eigenvalue weighted by Crippen LogP contribution is 1.96. The van der Waals surface area contributed by atoms with Crippen LogP contribution in [0, 0.1) is 0 Å². The Labute approximate surface area is 74.4 Å². The summed E-state index contributed by atoms with van der Waals surface area (Å²) >= 11 is 0. The summed E-state index contributed by atoms with van der Waals surface area (Å²) in [6.45, 7) is 1.28. The van der Waals surface area contributed by atoms with Crippen LogP contribution in [0.3, 0.4) is 0 Å². The van der Waals surface area contributed by atoms with E-state index in [0.717, 1.165) is 32.1 Å². The highest BCUT2D eigenvalue weighted by molar-refractivity contribution is 7.85. The van der Waals surface area contributed by atoms with Crippen molar-refractivity contribution >= 4 is 10.1 Å². The molecule has 1 N–H and O–H groups in total. The van der Waals surface area contributed by atoms with Crippen molar-refractivity contribution in [3.05, 3.63) is 0 Å². The lowest BCUT2D eigenvalue weighted by atomic mass is 10.2. The molecule has 5 heteroatoms. The van der Waals surface area contributed by atoms with Crippen LogP contribution in [0.25, 0.3) is 0 Å². The molecule has 0 fully saturated rings. The van der Waals surface area contributed by atoms with E-state index < -0.39 is 10.1 Å². The first-order chi connectivity index (χ1) is 5.56. The van der Waals surface area contributed by atoms with E-state index in [2.05, 4.69) is 9.50 Å². The van der Waals surface area contributed by atoms with Crippen LogP contribution in [0.2, 0.25) is 0 Å². The Bertz CT molecular complexity index is 189. The molecule has 0 aromatic heterocycles. The predicted octanol–water partition coefficient (Wildman–Crippen LogP) is 0.352. The van der Waals surface area contributed by atoms with Gasteiger partial charge in [-0.05, 0) is 32.9 Å². The minimum Gasteiger partial charge on any atom is -0.320 e. The third kappa shape index (κ3) is 9.87. The molecule has 0 spiro atoms. The predicted molar refractivity (Wildman–Crippen MR) is 48.6 cm³/mol. The van der Waals surface area contributed by atoms with Gasteiger partial charge in [-0.2, -0.15) is 8.42 Å². The summed E-state index contributed by atoms with van der Waals surface area (Å²) in [6, 6.07) is 0. The van der Waals surface area contributed by atoms with Gasteiger partial charge in [-0.25, -0.2) is 0 Å². The molecule has 0 aliphatic heterocycles. The molecule has 0 aliphatic rings. The number of hydrogen-bond donors (Lipinski definition) is 1. The van der Waals surface area contributed by atoms with E-state index in [4.69, 9.17) is 0 Å². The van der Waals surface area contributed by atoms with Gasteiger partial charge in [0.25, 0.3) is 10.1 Å². The van der Waals surface area contributed by atoms with Gasteiger partial charge >= 0.3 is 0 Å². The standard InChI is InChI=1S/C7H17NO3S/c1-8-6-4-3-5-7-11-12(2,9)10/h8H,3-7H2,1-2H3. The maximum absolute atomic E-state index is 10.5. The Balaban J connectivity index is 3.12. The summed E-state index contributed by atoms with van der Waals surface area (Å²) in [5.41, 5.74) is 0. The topological polar surface area (TPSA) is 55.4 Å². The minimum atomic E-state index is -3.23. The van der Waals surface area contributed by atoms with Crippen LogP contribution in [-0.2, 0) is 14.3 Å². The average Bonchev–Trinajstić information content (AvgIpc) is 1.94. The van der Waals surface area contributed by atoms with Crippen molar-refractivity contribution in [1.29, 1.82) is 0 Å². The van der Waals surface area contributed by atoms with Gasteiger partial charge in [0.15, 0.2) is 0 Å². The molecule has 0 radical (unpaired) electrons. The molecule has 0 aliphatic carbocycles. The zero-order valence-corrected chi connectivity index (χ0v) is 8.49. The molecule has 0 rings (SSSR count). The van der Waals surface area contributed by atoms with Crippen LogP contribution in [-0.4, -0.2) is 34.9 Å². The van der Waals surface area contributed by atoms with Crippen molar-refractivity contribution in [2.75, 3.05) is 26.5 Å². The Hall–Kier alpha value is -0.130. The Morgan fingerprint density at radius 3 is 2.42 bits per heavy atom. The van der Waals surface area contributed by atoms with Crippen LogP contribution >= 0.6 is 0 Å². The molecule has 0 bridgehead atoms. The van der Waals surface area contributed by atoms with Crippen molar-refractivity contribution in [2.45, 2.75) is 19.3 Å². The first-order valence-corrected chi connectivity index (χ1v) is 5.87. The van der Waals surface area contributed by atoms with Crippen LogP contribution in [0.15, 0.2) is 0 Å². The molecule has 0 saturated carbocycles. The summed E-state index contributed by atoms with van der Waals surface area (Å²) in [5.74, 6) is 0. The maximum atomic E-state index is 10.5. The second-order valence-corrected chi connectivity index (χ2v) is 4.33. The van der Waals surface area contributed by atoms with Gasteiger partial charge in [0.1, 0.15) is 0 Å². The molecular formula is C7H17NO3S. The zero-order chi connectivity index (χ0) is 9.45. The summed E-state index contributed by atoms with van der Waals surface area (Å²) < 4.78 is 25.5. The van der Waals surface area contributed by atoms with Crippen LogP contribution in [0.1, 0.15) is 19.3 Å². The molecule has 0 aromatic rings. The number of rotatable bonds is 7. The molecule has 4 nitrogen and oxygen atoms in total. The van der Waals surface area contributed by atoms with Gasteiger partial charge in [-0.15, -0.1) is 0 Å². The summed E-state index contributed by atoms with van der Waals surface area (Å²) in [6.07, 6.45) is 3.93. The summed E-state index contributed by atoms with van der Waals surface area (Å²) in [7, 11) is -1.34. The van der Waals surface area contributed by atoms with Gasteiger partial charge in [-0.1, -0.05) is 0 Å². The van der Waals surface area contributed by atoms with E-state index >= 15 is 0 Å². The van der Waals surface area contributed by atoms with Gasteiger partial charge in [0.2, 0.25) is 0 Å². The summed E-state index contributed by atoms with van der Waals surface area (Å²) in [4.78, 5) is 0. The molecular weight excluding hydrogens is 178 g/mol. The molecule has 0 amide bonds. The van der Waals surface area contributed by atoms with Crippen molar-refractivity contribution < 1.29 is 12.6 Å². The third-order valence-corrected chi connectivity index (χ3v) is 1.96. The monoisotopic (exact) mass is 195 g/mol. The van der Waals surface area contributed by atoms with Gasteiger partial charge < -0.3 is 5.32 Å². The average molecular weight is 195 g/mol. The molecule has 0 saturated heterocycles. The first-order valence-electron chi connectivity index (χ1n) is 4.05. The lowest BCUT2D eigenvalue weighted by molar-refractivity contribution is 0.310. The molecule has 0 heterocycles. The largest absolute Gasteiger partial charge is 0.320 e. The van der Waals surface area contributed by atoms with E-state index in [9.17, 15) is 8.42 Å². The van der Waals surface area contributed by atoms with E-state index in [1.54, 1.807) is 0 Å². The second kappa shape index (κ2) is 6.39. The quantitative estimate of drug-likeness (QED) is 0.470. The zero-order valence-electron chi connectivity index (χ0n) is 7.67. The lowest BCUT2D eigenvalue weighted by Gasteiger charge is -2.00. The Kier molecular flexibility index (Phi) is 6.32. The fraction of sp³-hybridized carbons (Fsp3) is 1.00. The Morgan fingerprint density at radius 2 is 1.92 bits per heavy atom. The fourth-order valence-electron chi connectivity index (χ4n) is 0.791. The van der Waals surface area contributed by atoms with Crippen molar-refractivity contribution in [3.63, 3.8) is 0 Å². The Morgan fingerprint density at radius 1 is 1.25 bits per heavy atom. The third-order valence-electron chi connectivity index (χ3n) is 1.37. The summed E-state index contributed by atoms with van der Waals surface area (Å²) in [5, 5.41) is 3.02. The van der Waals surface area contributed by atoms with Crippen molar-refractivity contribution in [2.24, 2.45) is 0 Å². The highest BCUT2D eigenvalue weighted by Gasteiger charge is 1.99. The molecule has 0 atom stereocenters. The van der Waals surface area contributed by atoms with Gasteiger partial charge in [0.05, 0.1) is 12.9 Å². The first kappa shape index (κ1) is 11.9. The van der Waals surface area contributed by atoms with Crippen LogP contribution in [0.4, 0.5) is 0 Å². The van der Waals surface area contributed by atoms with Crippen LogP contribution < -0.4 is 5.32 Å². The molecule has 0 unspecified atom stereocenters. The maximum Gasteiger partial charge on any atom is 0.264 e. The number of nitrogens with one attached hydrogen (secondary N) is 1. The minimum absolute atomic E-state index is 0.308. The van der Waals surface area contributed by atoms with E-state index in [1.807, 2.05) is 7.05 Å². The second-order valence-electron chi connectivity index (χ2n) is 2.69. The van der Waals surface area contributed by atoms with Crippen LogP contribution in [0.5, 0.6) is 0 Å². The molecule has 12 heavy (non-hydrogen) atoms. The van der Waals surface area contributed by atoms with Gasteiger partial charge in [-0.3, -0.25) is 4.18 Å². The van der Waals surface area contributed by atoms with E-state index in [1.165, 1.54) is 0 Å². The normalized spacial score (nSPS) is 11.8. The number of unbranched alkanes of at least 4 members (excludes halogenated alkanes) is 2. The highest BCUT2D eigenvalue weighted by atomic mass is 32.2. The van der Waals surface area contributed by atoms with E-state index in [0.29, 0.717) is 6.61 Å². The molecule has 74 valence electrons. The molecule has 0 aromatic carbocycles. The smallest absolute Gasteiger partial charge is 0.264 e. The van der Waals surface area contributed by atoms with Gasteiger partial charge in [0, 0.05) is 0 Å². The SMILES string of the molecule is CNCCCCCOS(C)(=O)=O. The fourth-order valence-corrected chi connectivity index (χ4v) is 1.21. The van der Waals surface area contributed by atoms with Crippen molar-refractivity contribution in [1.82, 2.24) is 5.32 Å².